The minimum absolute atomic E-state index is 0.0960. The van der Waals surface area contributed by atoms with Crippen LogP contribution in [0.4, 0.5) is 0 Å². The van der Waals surface area contributed by atoms with Gasteiger partial charge in [0.05, 0.1) is 17.9 Å². The van der Waals surface area contributed by atoms with Crippen LogP contribution in [-0.2, 0) is 21.1 Å². The van der Waals surface area contributed by atoms with Crippen LogP contribution in [0.25, 0.3) is 0 Å². The zero-order chi connectivity index (χ0) is 15.9. The Bertz CT molecular complexity index is 674. The molecule has 6 heteroatoms. The zero-order valence-corrected chi connectivity index (χ0v) is 14.8. The third kappa shape index (κ3) is 3.54. The lowest BCUT2D eigenvalue weighted by molar-refractivity contribution is -0.132. The van der Waals surface area contributed by atoms with E-state index in [9.17, 15) is 13.2 Å². The first-order chi connectivity index (χ1) is 10.4. The van der Waals surface area contributed by atoms with E-state index in [1.165, 1.54) is 10.4 Å². The van der Waals surface area contributed by atoms with Crippen LogP contribution in [0.15, 0.2) is 6.07 Å². The highest BCUT2D eigenvalue weighted by Crippen LogP contribution is 2.37. The number of carbonyl (C=O) groups is 1. The monoisotopic (exact) mass is 341 g/mol. The smallest absolute Gasteiger partial charge is 0.228 e. The molecule has 3 rings (SSSR count). The molecule has 2 heterocycles. The number of aryl methyl sites for hydroxylation is 2. The molecule has 4 nitrogen and oxygen atoms in total. The third-order valence-corrected chi connectivity index (χ3v) is 7.53. The zero-order valence-electron chi connectivity index (χ0n) is 13.2. The molecule has 0 N–H and O–H groups in total. The Balaban J connectivity index is 1.78. The van der Waals surface area contributed by atoms with E-state index in [1.54, 1.807) is 11.3 Å². The molecule has 1 amide bonds. The van der Waals surface area contributed by atoms with Gasteiger partial charge in [-0.05, 0) is 50.7 Å². The molecule has 0 spiro atoms. The lowest BCUT2D eigenvalue weighted by Gasteiger charge is -2.29. The predicted octanol–water partition coefficient (Wildman–Crippen LogP) is 2.33. The van der Waals surface area contributed by atoms with Crippen LogP contribution in [0.2, 0.25) is 0 Å². The average Bonchev–Trinajstić information content (AvgIpc) is 3.20. The Morgan fingerprint density at radius 3 is 2.68 bits per heavy atom. The summed E-state index contributed by atoms with van der Waals surface area (Å²) in [5, 5.41) is 0. The van der Waals surface area contributed by atoms with E-state index >= 15 is 0 Å². The molecule has 1 aliphatic carbocycles. The van der Waals surface area contributed by atoms with Crippen molar-refractivity contribution in [1.82, 2.24) is 4.90 Å². The third-order valence-electron chi connectivity index (χ3n) is 4.62. The highest BCUT2D eigenvalue weighted by atomic mass is 32.2. The Kier molecular flexibility index (Phi) is 4.34. The molecule has 1 aromatic heterocycles. The van der Waals surface area contributed by atoms with E-state index in [2.05, 4.69) is 13.0 Å². The maximum absolute atomic E-state index is 12.8. The van der Waals surface area contributed by atoms with E-state index in [0.717, 1.165) is 17.7 Å². The van der Waals surface area contributed by atoms with Crippen LogP contribution >= 0.6 is 11.3 Å². The topological polar surface area (TPSA) is 54.5 Å². The highest BCUT2D eigenvalue weighted by molar-refractivity contribution is 7.91. The highest BCUT2D eigenvalue weighted by Gasteiger charge is 2.41. The summed E-state index contributed by atoms with van der Waals surface area (Å²) in [6.07, 6.45) is 3.09. The molecule has 0 unspecified atom stereocenters. The van der Waals surface area contributed by atoms with E-state index < -0.39 is 9.84 Å². The van der Waals surface area contributed by atoms with Gasteiger partial charge >= 0.3 is 0 Å². The molecule has 2 fully saturated rings. The summed E-state index contributed by atoms with van der Waals surface area (Å²) in [4.78, 5) is 17.0. The minimum atomic E-state index is -3.01. The van der Waals surface area contributed by atoms with Crippen molar-refractivity contribution < 1.29 is 13.2 Å². The van der Waals surface area contributed by atoms with Crippen molar-refractivity contribution in [3.8, 4) is 0 Å². The second kappa shape index (κ2) is 5.96. The molecule has 2 aliphatic rings. The van der Waals surface area contributed by atoms with Crippen LogP contribution in [0.3, 0.4) is 0 Å². The van der Waals surface area contributed by atoms with E-state index in [4.69, 9.17) is 0 Å². The Hall–Kier alpha value is -0.880. The molecule has 1 atom stereocenters. The summed E-state index contributed by atoms with van der Waals surface area (Å²) < 4.78 is 24.1. The summed E-state index contributed by atoms with van der Waals surface area (Å²) in [6, 6.07) is 2.01. The molecule has 0 radical (unpaired) electrons. The van der Waals surface area contributed by atoms with Crippen molar-refractivity contribution >= 4 is 27.1 Å². The molecule has 0 bridgehead atoms. The number of hydrogen-bond donors (Lipinski definition) is 0. The number of hydrogen-bond acceptors (Lipinski definition) is 4. The standard InChI is InChI=1S/C16H23NO3S2/c1-11-8-12(2)21-15(11)9-16(18)17-6-3-7-22(19,20)10-14(17)13-4-5-13/h8,13-14H,3-7,9-10H2,1-2H3/t14-/m0/s1. The number of thiophene rings is 1. The van der Waals surface area contributed by atoms with Gasteiger partial charge in [0.15, 0.2) is 9.84 Å². The molecule has 22 heavy (non-hydrogen) atoms. The van der Waals surface area contributed by atoms with Gasteiger partial charge in [-0.2, -0.15) is 0 Å². The molecular weight excluding hydrogens is 318 g/mol. The number of amides is 1. The molecule has 122 valence electrons. The van der Waals surface area contributed by atoms with Gasteiger partial charge in [0.2, 0.25) is 5.91 Å². The lowest BCUT2D eigenvalue weighted by atomic mass is 10.1. The summed E-state index contributed by atoms with van der Waals surface area (Å²) in [5.74, 6) is 0.866. The average molecular weight is 341 g/mol. The summed E-state index contributed by atoms with van der Waals surface area (Å²) in [7, 11) is -3.01. The van der Waals surface area contributed by atoms with Crippen LogP contribution < -0.4 is 0 Å². The van der Waals surface area contributed by atoms with Crippen LogP contribution in [-0.4, -0.2) is 43.3 Å². The number of sulfone groups is 1. The minimum Gasteiger partial charge on any atom is -0.338 e. The van der Waals surface area contributed by atoms with Crippen molar-refractivity contribution in [1.29, 1.82) is 0 Å². The lowest BCUT2D eigenvalue weighted by Crippen LogP contribution is -2.44. The Morgan fingerprint density at radius 2 is 2.09 bits per heavy atom. The molecular formula is C16H23NO3S2. The van der Waals surface area contributed by atoms with Crippen molar-refractivity contribution in [3.05, 3.63) is 21.4 Å². The fourth-order valence-corrected chi connectivity index (χ4v) is 6.09. The van der Waals surface area contributed by atoms with Gasteiger partial charge in [-0.3, -0.25) is 4.79 Å². The molecule has 0 aromatic carbocycles. The first-order valence-corrected chi connectivity index (χ1v) is 10.6. The second-order valence-corrected chi connectivity index (χ2v) is 10.2. The van der Waals surface area contributed by atoms with E-state index in [-0.39, 0.29) is 23.5 Å². The van der Waals surface area contributed by atoms with Gasteiger partial charge < -0.3 is 4.90 Å². The fraction of sp³-hybridized carbons (Fsp3) is 0.688. The van der Waals surface area contributed by atoms with E-state index in [0.29, 0.717) is 25.3 Å². The molecule has 1 saturated heterocycles. The van der Waals surface area contributed by atoms with Gasteiger partial charge in [-0.1, -0.05) is 0 Å². The number of nitrogens with zero attached hydrogens (tertiary/aromatic N) is 1. The fourth-order valence-electron chi connectivity index (χ4n) is 3.34. The van der Waals surface area contributed by atoms with Crippen molar-refractivity contribution in [2.75, 3.05) is 18.1 Å². The Morgan fingerprint density at radius 1 is 1.36 bits per heavy atom. The number of rotatable bonds is 3. The van der Waals surface area contributed by atoms with Crippen LogP contribution in [0.1, 0.15) is 34.6 Å². The normalized spacial score (nSPS) is 25.0. The van der Waals surface area contributed by atoms with Gasteiger partial charge in [0, 0.05) is 22.3 Å². The first kappa shape index (κ1) is 16.0. The first-order valence-electron chi connectivity index (χ1n) is 7.91. The van der Waals surface area contributed by atoms with Crippen molar-refractivity contribution in [2.24, 2.45) is 5.92 Å². The predicted molar refractivity (Wildman–Crippen MR) is 89.0 cm³/mol. The second-order valence-electron chi connectivity index (χ2n) is 6.60. The van der Waals surface area contributed by atoms with Crippen LogP contribution in [0.5, 0.6) is 0 Å². The van der Waals surface area contributed by atoms with Gasteiger partial charge in [0.1, 0.15) is 0 Å². The Labute approximate surface area is 136 Å². The molecule has 1 aromatic rings. The number of carbonyl (C=O) groups excluding carboxylic acids is 1. The van der Waals surface area contributed by atoms with E-state index in [1.807, 2.05) is 11.8 Å². The summed E-state index contributed by atoms with van der Waals surface area (Å²) >= 11 is 1.67. The van der Waals surface area contributed by atoms with Gasteiger partial charge in [-0.25, -0.2) is 8.42 Å². The summed E-state index contributed by atoms with van der Waals surface area (Å²) in [6.45, 7) is 4.68. The summed E-state index contributed by atoms with van der Waals surface area (Å²) in [5.41, 5.74) is 1.17. The van der Waals surface area contributed by atoms with Crippen LogP contribution in [0, 0.1) is 19.8 Å². The largest absolute Gasteiger partial charge is 0.338 e. The quantitative estimate of drug-likeness (QED) is 0.848. The van der Waals surface area contributed by atoms with Gasteiger partial charge in [0.25, 0.3) is 0 Å². The van der Waals surface area contributed by atoms with Crippen molar-refractivity contribution in [3.63, 3.8) is 0 Å². The SMILES string of the molecule is Cc1cc(C)c(CC(=O)N2CCCS(=O)(=O)C[C@H]2C2CC2)s1. The molecule has 1 aliphatic heterocycles. The maximum atomic E-state index is 12.8. The maximum Gasteiger partial charge on any atom is 0.228 e. The molecule has 1 saturated carbocycles. The van der Waals surface area contributed by atoms with Crippen molar-refractivity contribution in [2.45, 2.75) is 45.6 Å². The van der Waals surface area contributed by atoms with Gasteiger partial charge in [-0.15, -0.1) is 11.3 Å².